The average Bonchev–Trinajstić information content (AvgIpc) is 2.82. The Morgan fingerprint density at radius 1 is 0.970 bits per heavy atom. The Labute approximate surface area is 191 Å². The Hall–Kier alpha value is -4.12. The maximum atomic E-state index is 12.8. The highest BCUT2D eigenvalue weighted by Gasteiger charge is 2.22. The number of nitrogens with one attached hydrogen (secondary N) is 2. The van der Waals surface area contributed by atoms with E-state index in [0.29, 0.717) is 17.2 Å². The van der Waals surface area contributed by atoms with Gasteiger partial charge in [0.15, 0.2) is 0 Å². The Kier molecular flexibility index (Phi) is 7.13. The van der Waals surface area contributed by atoms with Crippen LogP contribution in [0.25, 0.3) is 0 Å². The monoisotopic (exact) mass is 470 g/mol. The SMILES string of the molecule is COc1ccc(C(C)=NNc2ccc(S(=O)(=O)Nc3ccccc3OC)cc2[N+](=O)[O-])cc1. The number of methoxy groups -OCH3 is 2. The molecule has 2 N–H and O–H groups in total. The van der Waals surface area contributed by atoms with Crippen molar-refractivity contribution in [3.05, 3.63) is 82.4 Å². The minimum atomic E-state index is -4.11. The summed E-state index contributed by atoms with van der Waals surface area (Å²) in [5.74, 6) is 1.01. The van der Waals surface area contributed by atoms with E-state index >= 15 is 0 Å². The molecule has 0 atom stereocenters. The van der Waals surface area contributed by atoms with Crippen molar-refractivity contribution in [2.24, 2.45) is 5.10 Å². The molecule has 0 radical (unpaired) electrons. The highest BCUT2D eigenvalue weighted by molar-refractivity contribution is 7.92. The topological polar surface area (TPSA) is 132 Å². The van der Waals surface area contributed by atoms with Crippen molar-refractivity contribution >= 4 is 32.8 Å². The van der Waals surface area contributed by atoms with Crippen LogP contribution in [0.2, 0.25) is 0 Å². The smallest absolute Gasteiger partial charge is 0.295 e. The summed E-state index contributed by atoms with van der Waals surface area (Å²) < 4.78 is 38.3. The molecule has 3 aromatic rings. The fourth-order valence-corrected chi connectivity index (χ4v) is 3.99. The predicted molar refractivity (Wildman–Crippen MR) is 126 cm³/mol. The van der Waals surface area contributed by atoms with Crippen LogP contribution in [0.4, 0.5) is 17.1 Å². The van der Waals surface area contributed by atoms with Gasteiger partial charge in [0.05, 0.1) is 35.4 Å². The first-order valence-electron chi connectivity index (χ1n) is 9.64. The van der Waals surface area contributed by atoms with E-state index in [1.165, 1.54) is 25.3 Å². The van der Waals surface area contributed by atoms with Gasteiger partial charge in [-0.2, -0.15) is 5.10 Å². The number of anilines is 2. The zero-order valence-electron chi connectivity index (χ0n) is 18.1. The highest BCUT2D eigenvalue weighted by atomic mass is 32.2. The second kappa shape index (κ2) is 10.0. The molecule has 0 aliphatic carbocycles. The highest BCUT2D eigenvalue weighted by Crippen LogP contribution is 2.30. The van der Waals surface area contributed by atoms with Crippen molar-refractivity contribution in [2.45, 2.75) is 11.8 Å². The lowest BCUT2D eigenvalue weighted by atomic mass is 10.1. The predicted octanol–water partition coefficient (Wildman–Crippen LogP) is 4.25. The zero-order chi connectivity index (χ0) is 24.0. The maximum absolute atomic E-state index is 12.8. The normalized spacial score (nSPS) is 11.5. The van der Waals surface area contributed by atoms with Crippen LogP contribution < -0.4 is 19.6 Å². The maximum Gasteiger partial charge on any atom is 0.295 e. The quantitative estimate of drug-likeness (QED) is 0.271. The standard InChI is InChI=1S/C22H22N4O6S/c1-15(16-8-10-17(31-2)11-9-16)23-24-19-13-12-18(14-21(19)26(27)28)33(29,30)25-20-6-4-5-7-22(20)32-3/h4-14,24-25H,1-3H3. The van der Waals surface area contributed by atoms with Gasteiger partial charge >= 0.3 is 0 Å². The molecule has 0 aliphatic heterocycles. The van der Waals surface area contributed by atoms with Crippen LogP contribution in [-0.2, 0) is 10.0 Å². The number of para-hydroxylation sites is 2. The van der Waals surface area contributed by atoms with E-state index in [2.05, 4.69) is 15.2 Å². The van der Waals surface area contributed by atoms with Crippen molar-refractivity contribution in [1.29, 1.82) is 0 Å². The first kappa shape index (κ1) is 23.5. The van der Waals surface area contributed by atoms with Crippen molar-refractivity contribution in [3.63, 3.8) is 0 Å². The molecule has 11 heteroatoms. The third-order valence-electron chi connectivity index (χ3n) is 4.68. The lowest BCUT2D eigenvalue weighted by molar-refractivity contribution is -0.384. The molecule has 0 aromatic heterocycles. The number of nitrogens with zero attached hydrogens (tertiary/aromatic N) is 2. The van der Waals surface area contributed by atoms with Gasteiger partial charge in [-0.3, -0.25) is 20.3 Å². The Balaban J connectivity index is 1.87. The molecule has 0 aliphatic rings. The number of sulfonamides is 1. The van der Waals surface area contributed by atoms with Crippen LogP contribution >= 0.6 is 0 Å². The summed E-state index contributed by atoms with van der Waals surface area (Å²) in [7, 11) is -1.14. The summed E-state index contributed by atoms with van der Waals surface area (Å²) in [6.45, 7) is 1.73. The van der Waals surface area contributed by atoms with E-state index in [0.717, 1.165) is 11.6 Å². The summed E-state index contributed by atoms with van der Waals surface area (Å²) in [6.07, 6.45) is 0. The molecule has 3 rings (SSSR count). The first-order valence-corrected chi connectivity index (χ1v) is 11.1. The number of rotatable bonds is 9. The number of ether oxygens (including phenoxy) is 2. The molecular weight excluding hydrogens is 448 g/mol. The van der Waals surface area contributed by atoms with Crippen molar-refractivity contribution in [1.82, 2.24) is 0 Å². The van der Waals surface area contributed by atoms with Crippen LogP contribution in [0.15, 0.2) is 76.7 Å². The molecule has 0 unspecified atom stereocenters. The van der Waals surface area contributed by atoms with Crippen molar-refractivity contribution < 1.29 is 22.8 Å². The molecule has 10 nitrogen and oxygen atoms in total. The summed E-state index contributed by atoms with van der Waals surface area (Å²) in [5.41, 5.74) is 3.82. The van der Waals surface area contributed by atoms with E-state index in [-0.39, 0.29) is 16.3 Å². The van der Waals surface area contributed by atoms with Crippen LogP contribution in [-0.4, -0.2) is 33.3 Å². The lowest BCUT2D eigenvalue weighted by Gasteiger charge is -2.12. The summed E-state index contributed by atoms with van der Waals surface area (Å²) in [5, 5.41) is 15.8. The zero-order valence-corrected chi connectivity index (χ0v) is 18.9. The Bertz CT molecular complexity index is 1290. The van der Waals surface area contributed by atoms with E-state index in [1.54, 1.807) is 56.5 Å². The molecule has 0 bridgehead atoms. The number of hydrogen-bond donors (Lipinski definition) is 2. The van der Waals surface area contributed by atoms with Gasteiger partial charge in [-0.25, -0.2) is 8.42 Å². The summed E-state index contributed by atoms with van der Waals surface area (Å²) in [4.78, 5) is 10.7. The van der Waals surface area contributed by atoms with E-state index in [4.69, 9.17) is 9.47 Å². The van der Waals surface area contributed by atoms with Gasteiger partial charge in [0.1, 0.15) is 17.2 Å². The number of hydrazone groups is 1. The molecule has 33 heavy (non-hydrogen) atoms. The fourth-order valence-electron chi connectivity index (χ4n) is 2.90. The molecule has 0 heterocycles. The van der Waals surface area contributed by atoms with Gasteiger partial charge in [0.25, 0.3) is 15.7 Å². The second-order valence-electron chi connectivity index (χ2n) is 6.78. The third kappa shape index (κ3) is 5.57. The Morgan fingerprint density at radius 3 is 2.30 bits per heavy atom. The molecular formula is C22H22N4O6S. The number of nitro benzene ring substituents is 1. The number of hydrogen-bond acceptors (Lipinski definition) is 8. The molecule has 172 valence electrons. The third-order valence-corrected chi connectivity index (χ3v) is 6.04. The van der Waals surface area contributed by atoms with E-state index in [1.807, 2.05) is 0 Å². The summed E-state index contributed by atoms with van der Waals surface area (Å²) in [6, 6.07) is 17.1. The van der Waals surface area contributed by atoms with Crippen LogP contribution in [0.5, 0.6) is 11.5 Å². The number of nitro groups is 1. The molecule has 0 saturated heterocycles. The average molecular weight is 471 g/mol. The van der Waals surface area contributed by atoms with Crippen molar-refractivity contribution in [3.8, 4) is 11.5 Å². The number of benzene rings is 3. The van der Waals surface area contributed by atoms with Gasteiger partial charge in [-0.05, 0) is 61.0 Å². The molecule has 3 aromatic carbocycles. The molecule has 0 amide bonds. The largest absolute Gasteiger partial charge is 0.497 e. The molecule has 0 saturated carbocycles. The van der Waals surface area contributed by atoms with Crippen LogP contribution in [0, 0.1) is 10.1 Å². The lowest BCUT2D eigenvalue weighted by Crippen LogP contribution is -2.14. The fraction of sp³-hybridized carbons (Fsp3) is 0.136. The molecule has 0 fully saturated rings. The van der Waals surface area contributed by atoms with Gasteiger partial charge in [0, 0.05) is 6.07 Å². The van der Waals surface area contributed by atoms with Crippen LogP contribution in [0.3, 0.4) is 0 Å². The minimum absolute atomic E-state index is 0.0455. The van der Waals surface area contributed by atoms with E-state index in [9.17, 15) is 18.5 Å². The van der Waals surface area contributed by atoms with Gasteiger partial charge in [-0.1, -0.05) is 12.1 Å². The molecule has 0 spiro atoms. The summed E-state index contributed by atoms with van der Waals surface area (Å²) >= 11 is 0. The van der Waals surface area contributed by atoms with E-state index < -0.39 is 20.6 Å². The van der Waals surface area contributed by atoms with Gasteiger partial charge in [0.2, 0.25) is 0 Å². The van der Waals surface area contributed by atoms with Gasteiger partial charge < -0.3 is 9.47 Å². The minimum Gasteiger partial charge on any atom is -0.497 e. The van der Waals surface area contributed by atoms with Gasteiger partial charge in [-0.15, -0.1) is 0 Å². The second-order valence-corrected chi connectivity index (χ2v) is 8.46. The first-order chi connectivity index (χ1) is 15.7. The Morgan fingerprint density at radius 2 is 1.67 bits per heavy atom. The van der Waals surface area contributed by atoms with Crippen LogP contribution in [0.1, 0.15) is 12.5 Å². The van der Waals surface area contributed by atoms with Crippen molar-refractivity contribution in [2.75, 3.05) is 24.4 Å².